The number of aromatic nitrogens is 1. The van der Waals surface area contributed by atoms with Crippen LogP contribution in [0.2, 0.25) is 5.02 Å². The van der Waals surface area contributed by atoms with E-state index in [0.717, 1.165) is 22.7 Å². The highest BCUT2D eigenvalue weighted by atomic mass is 35.5. The molecule has 0 aliphatic rings. The molecule has 0 bridgehead atoms. The molecule has 1 heterocycles. The number of aliphatic hydroxyl groups is 1. The van der Waals surface area contributed by atoms with Gasteiger partial charge in [0.25, 0.3) is 0 Å². The third kappa shape index (κ3) is 3.57. The van der Waals surface area contributed by atoms with Gasteiger partial charge in [-0.3, -0.25) is 4.72 Å². The highest BCUT2D eigenvalue weighted by Gasteiger charge is 2.38. The number of halogens is 1. The summed E-state index contributed by atoms with van der Waals surface area (Å²) < 4.78 is 28.0. The van der Waals surface area contributed by atoms with Gasteiger partial charge in [0, 0.05) is 16.6 Å². The SMILES string of the molecule is CCC(c1ccc(Cl)cc1)(C(C)O)n1ccc2c(NS(C)(=O)=O)cccc21. The first-order chi connectivity index (χ1) is 12.7. The van der Waals surface area contributed by atoms with Crippen molar-refractivity contribution in [3.8, 4) is 0 Å². The molecule has 2 aromatic carbocycles. The van der Waals surface area contributed by atoms with Crippen LogP contribution in [0.4, 0.5) is 5.69 Å². The Labute approximate surface area is 164 Å². The minimum Gasteiger partial charge on any atom is -0.391 e. The molecule has 0 amide bonds. The van der Waals surface area contributed by atoms with Gasteiger partial charge in [0.05, 0.1) is 29.1 Å². The summed E-state index contributed by atoms with van der Waals surface area (Å²) in [6, 6.07) is 14.8. The van der Waals surface area contributed by atoms with Gasteiger partial charge in [-0.15, -0.1) is 0 Å². The molecule has 2 N–H and O–H groups in total. The minimum absolute atomic E-state index is 0.514. The third-order valence-corrected chi connectivity index (χ3v) is 5.88. The Balaban J connectivity index is 2.26. The van der Waals surface area contributed by atoms with Crippen molar-refractivity contribution in [2.45, 2.75) is 31.9 Å². The summed E-state index contributed by atoms with van der Waals surface area (Å²) in [4.78, 5) is 0. The van der Waals surface area contributed by atoms with E-state index in [0.29, 0.717) is 17.1 Å². The summed E-state index contributed by atoms with van der Waals surface area (Å²) in [7, 11) is -3.40. The summed E-state index contributed by atoms with van der Waals surface area (Å²) in [5.41, 5.74) is 1.57. The number of fused-ring (bicyclic) bond motifs is 1. The number of anilines is 1. The van der Waals surface area contributed by atoms with Crippen LogP contribution in [0.25, 0.3) is 10.9 Å². The molecule has 27 heavy (non-hydrogen) atoms. The lowest BCUT2D eigenvalue weighted by molar-refractivity contribution is 0.0754. The first-order valence-corrected chi connectivity index (χ1v) is 11.0. The molecular formula is C20H23ClN2O3S. The second-order valence-electron chi connectivity index (χ2n) is 6.76. The summed E-state index contributed by atoms with van der Waals surface area (Å²) >= 11 is 6.05. The van der Waals surface area contributed by atoms with E-state index in [1.807, 2.05) is 54.1 Å². The molecule has 7 heteroatoms. The number of aliphatic hydroxyl groups excluding tert-OH is 1. The van der Waals surface area contributed by atoms with Crippen molar-refractivity contribution >= 4 is 38.2 Å². The first kappa shape index (κ1) is 19.7. The largest absolute Gasteiger partial charge is 0.391 e. The highest BCUT2D eigenvalue weighted by Crippen LogP contribution is 2.39. The molecule has 0 radical (unpaired) electrons. The fourth-order valence-corrected chi connectivity index (χ4v) is 4.50. The summed E-state index contributed by atoms with van der Waals surface area (Å²) in [5.74, 6) is 0. The van der Waals surface area contributed by atoms with E-state index in [-0.39, 0.29) is 0 Å². The number of nitrogens with zero attached hydrogens (tertiary/aromatic N) is 1. The van der Waals surface area contributed by atoms with E-state index in [4.69, 9.17) is 11.6 Å². The normalized spacial score (nSPS) is 15.4. The smallest absolute Gasteiger partial charge is 0.229 e. The van der Waals surface area contributed by atoms with Crippen LogP contribution in [0.15, 0.2) is 54.7 Å². The van der Waals surface area contributed by atoms with Crippen molar-refractivity contribution in [3.63, 3.8) is 0 Å². The molecule has 1 aromatic heterocycles. The van der Waals surface area contributed by atoms with Gasteiger partial charge in [0.1, 0.15) is 0 Å². The molecule has 0 aliphatic carbocycles. The lowest BCUT2D eigenvalue weighted by Crippen LogP contribution is -2.43. The zero-order chi connectivity index (χ0) is 19.8. The fourth-order valence-electron chi connectivity index (χ4n) is 3.79. The molecule has 3 rings (SSSR count). The zero-order valence-corrected chi connectivity index (χ0v) is 17.1. The van der Waals surface area contributed by atoms with Crippen LogP contribution in [0.3, 0.4) is 0 Å². The molecule has 3 aromatic rings. The maximum Gasteiger partial charge on any atom is 0.229 e. The maximum atomic E-state index is 11.7. The van der Waals surface area contributed by atoms with Crippen molar-refractivity contribution < 1.29 is 13.5 Å². The fraction of sp³-hybridized carbons (Fsp3) is 0.300. The molecule has 0 saturated heterocycles. The molecule has 5 nitrogen and oxygen atoms in total. The predicted molar refractivity (Wildman–Crippen MR) is 111 cm³/mol. The Bertz CT molecular complexity index is 1060. The van der Waals surface area contributed by atoms with E-state index in [2.05, 4.69) is 4.72 Å². The topological polar surface area (TPSA) is 71.3 Å². The third-order valence-electron chi connectivity index (χ3n) is 5.03. The predicted octanol–water partition coefficient (Wildman–Crippen LogP) is 4.20. The molecule has 0 fully saturated rings. The van der Waals surface area contributed by atoms with Gasteiger partial charge in [0.15, 0.2) is 0 Å². The van der Waals surface area contributed by atoms with Crippen LogP contribution >= 0.6 is 11.6 Å². The monoisotopic (exact) mass is 406 g/mol. The maximum absolute atomic E-state index is 11.7. The van der Waals surface area contributed by atoms with Gasteiger partial charge in [-0.25, -0.2) is 8.42 Å². The quantitative estimate of drug-likeness (QED) is 0.644. The van der Waals surface area contributed by atoms with Crippen molar-refractivity contribution in [2.24, 2.45) is 0 Å². The van der Waals surface area contributed by atoms with E-state index in [1.165, 1.54) is 0 Å². The van der Waals surface area contributed by atoms with E-state index >= 15 is 0 Å². The van der Waals surface area contributed by atoms with Crippen LogP contribution in [0.5, 0.6) is 0 Å². The molecular weight excluding hydrogens is 384 g/mol. The Kier molecular flexibility index (Phi) is 5.25. The van der Waals surface area contributed by atoms with Gasteiger partial charge >= 0.3 is 0 Å². The van der Waals surface area contributed by atoms with Gasteiger partial charge in [-0.05, 0) is 49.2 Å². The Hall–Kier alpha value is -2.02. The first-order valence-electron chi connectivity index (χ1n) is 8.71. The lowest BCUT2D eigenvalue weighted by Gasteiger charge is -2.39. The zero-order valence-electron chi connectivity index (χ0n) is 15.5. The molecule has 2 unspecified atom stereocenters. The average Bonchev–Trinajstić information content (AvgIpc) is 3.02. The molecule has 0 saturated carbocycles. The second kappa shape index (κ2) is 7.19. The van der Waals surface area contributed by atoms with Gasteiger partial charge in [0.2, 0.25) is 10.0 Å². The number of benzene rings is 2. The molecule has 144 valence electrons. The number of sulfonamides is 1. The van der Waals surface area contributed by atoms with Crippen molar-refractivity contribution in [3.05, 3.63) is 65.3 Å². The molecule has 2 atom stereocenters. The van der Waals surface area contributed by atoms with Crippen LogP contribution in [0, 0.1) is 0 Å². The summed E-state index contributed by atoms with van der Waals surface area (Å²) in [6.45, 7) is 3.79. The van der Waals surface area contributed by atoms with Crippen molar-refractivity contribution in [1.29, 1.82) is 0 Å². The average molecular weight is 407 g/mol. The number of rotatable bonds is 6. The summed E-state index contributed by atoms with van der Waals surface area (Å²) in [5, 5.41) is 12.2. The van der Waals surface area contributed by atoms with Gasteiger partial charge in [-0.2, -0.15) is 0 Å². The van der Waals surface area contributed by atoms with Gasteiger partial charge in [-0.1, -0.05) is 36.7 Å². The van der Waals surface area contributed by atoms with Gasteiger partial charge < -0.3 is 9.67 Å². The van der Waals surface area contributed by atoms with E-state index in [9.17, 15) is 13.5 Å². The number of nitrogens with one attached hydrogen (secondary N) is 1. The van der Waals surface area contributed by atoms with E-state index in [1.54, 1.807) is 19.1 Å². The standard InChI is InChI=1S/C20H23ClN2O3S/c1-4-20(14(2)24,15-8-10-16(21)11-9-15)23-13-12-17-18(22-27(3,25)26)6-5-7-19(17)23/h5-14,22,24H,4H2,1-3H3. The molecule has 0 aliphatic heterocycles. The minimum atomic E-state index is -3.40. The molecule has 0 spiro atoms. The van der Waals surface area contributed by atoms with Crippen LogP contribution < -0.4 is 4.72 Å². The summed E-state index contributed by atoms with van der Waals surface area (Å²) in [6.07, 6.45) is 2.97. The van der Waals surface area contributed by atoms with E-state index < -0.39 is 21.7 Å². The number of hydrogen-bond donors (Lipinski definition) is 2. The van der Waals surface area contributed by atoms with Crippen LogP contribution in [-0.2, 0) is 15.6 Å². The van der Waals surface area contributed by atoms with Crippen molar-refractivity contribution in [1.82, 2.24) is 4.57 Å². The Morgan fingerprint density at radius 2 is 1.85 bits per heavy atom. The Morgan fingerprint density at radius 3 is 2.41 bits per heavy atom. The Morgan fingerprint density at radius 1 is 1.19 bits per heavy atom. The number of hydrogen-bond acceptors (Lipinski definition) is 3. The van der Waals surface area contributed by atoms with Crippen molar-refractivity contribution in [2.75, 3.05) is 11.0 Å². The van der Waals surface area contributed by atoms with Crippen LogP contribution in [0.1, 0.15) is 25.8 Å². The second-order valence-corrected chi connectivity index (χ2v) is 8.94. The van der Waals surface area contributed by atoms with Crippen LogP contribution in [-0.4, -0.2) is 30.5 Å². The lowest BCUT2D eigenvalue weighted by atomic mass is 9.82. The highest BCUT2D eigenvalue weighted by molar-refractivity contribution is 7.92.